The molecule has 0 radical (unpaired) electrons. The highest BCUT2D eigenvalue weighted by Gasteiger charge is 2.31. The third kappa shape index (κ3) is 3.93. The molecule has 2 aromatic carbocycles. The predicted octanol–water partition coefficient (Wildman–Crippen LogP) is 5.10. The molecule has 0 atom stereocenters. The molecule has 0 saturated carbocycles. The lowest BCUT2D eigenvalue weighted by Crippen LogP contribution is -2.28. The molecule has 5 nitrogen and oxygen atoms in total. The number of hydrogen-bond acceptors (Lipinski definition) is 5. The first-order chi connectivity index (χ1) is 15.6. The van der Waals surface area contributed by atoms with Gasteiger partial charge in [0.25, 0.3) is 0 Å². The van der Waals surface area contributed by atoms with E-state index in [1.165, 1.54) is 4.31 Å². The van der Waals surface area contributed by atoms with Gasteiger partial charge in [0, 0.05) is 36.2 Å². The Kier molecular flexibility index (Phi) is 5.97. The number of ketones is 1. The maximum absolute atomic E-state index is 13.6. The van der Waals surface area contributed by atoms with Crippen molar-refractivity contribution in [3.63, 3.8) is 0 Å². The SMILES string of the molecule is O=C(C1=C2SC=C(c3ccccc3)N2CCCC1)c1cccc(S(=O)(=O)N2CCCC2)c1. The third-order valence-electron chi connectivity index (χ3n) is 6.28. The molecule has 3 aliphatic rings. The Hall–Kier alpha value is -2.35. The molecule has 0 N–H and O–H groups in total. The van der Waals surface area contributed by atoms with Crippen LogP contribution in [0.15, 0.2) is 75.5 Å². The average Bonchev–Trinajstić information content (AvgIpc) is 3.47. The number of thioether (sulfide) groups is 1. The Morgan fingerprint density at radius 1 is 0.875 bits per heavy atom. The van der Waals surface area contributed by atoms with Gasteiger partial charge in [-0.25, -0.2) is 8.42 Å². The quantitative estimate of drug-likeness (QED) is 0.574. The Morgan fingerprint density at radius 2 is 1.62 bits per heavy atom. The molecule has 1 fully saturated rings. The summed E-state index contributed by atoms with van der Waals surface area (Å²) >= 11 is 1.60. The predicted molar refractivity (Wildman–Crippen MR) is 128 cm³/mol. The normalized spacial score (nSPS) is 19.6. The van der Waals surface area contributed by atoms with Crippen molar-refractivity contribution in [2.24, 2.45) is 0 Å². The van der Waals surface area contributed by atoms with Crippen LogP contribution in [-0.2, 0) is 10.0 Å². The molecule has 32 heavy (non-hydrogen) atoms. The van der Waals surface area contributed by atoms with Crippen molar-refractivity contribution in [1.82, 2.24) is 9.21 Å². The number of fused-ring (bicyclic) bond motifs is 1. The van der Waals surface area contributed by atoms with Gasteiger partial charge in [-0.05, 0) is 49.8 Å². The van der Waals surface area contributed by atoms with Crippen LogP contribution in [-0.4, -0.2) is 43.0 Å². The van der Waals surface area contributed by atoms with Gasteiger partial charge in [-0.3, -0.25) is 4.79 Å². The molecule has 1 saturated heterocycles. The van der Waals surface area contributed by atoms with E-state index in [1.807, 2.05) is 18.2 Å². The lowest BCUT2D eigenvalue weighted by Gasteiger charge is -2.23. The van der Waals surface area contributed by atoms with Gasteiger partial charge < -0.3 is 4.90 Å². The minimum Gasteiger partial charge on any atom is -0.335 e. The smallest absolute Gasteiger partial charge is 0.243 e. The van der Waals surface area contributed by atoms with Crippen LogP contribution < -0.4 is 0 Å². The van der Waals surface area contributed by atoms with Gasteiger partial charge in [-0.15, -0.1) is 0 Å². The number of Topliss-reactive ketones (excluding diaryl/α,β-unsaturated/α-hetero) is 1. The highest BCUT2D eigenvalue weighted by Crippen LogP contribution is 2.44. The fraction of sp³-hybridized carbons (Fsp3) is 0.320. The first-order valence-electron chi connectivity index (χ1n) is 11.1. The van der Waals surface area contributed by atoms with Crippen LogP contribution in [0, 0.1) is 0 Å². The van der Waals surface area contributed by atoms with Gasteiger partial charge >= 0.3 is 0 Å². The molecule has 0 unspecified atom stereocenters. The van der Waals surface area contributed by atoms with Crippen molar-refractivity contribution in [1.29, 1.82) is 0 Å². The number of carbonyl (C=O) groups is 1. The molecular weight excluding hydrogens is 440 g/mol. The summed E-state index contributed by atoms with van der Waals surface area (Å²) in [6.07, 6.45) is 4.43. The van der Waals surface area contributed by atoms with E-state index in [0.717, 1.165) is 54.1 Å². The van der Waals surface area contributed by atoms with E-state index in [2.05, 4.69) is 22.4 Å². The lowest BCUT2D eigenvalue weighted by atomic mass is 10.00. The van der Waals surface area contributed by atoms with Crippen molar-refractivity contribution in [2.45, 2.75) is 37.0 Å². The number of nitrogens with zero attached hydrogens (tertiary/aromatic N) is 2. The Balaban J connectivity index is 1.48. The van der Waals surface area contributed by atoms with Crippen molar-refractivity contribution in [2.75, 3.05) is 19.6 Å². The maximum Gasteiger partial charge on any atom is 0.243 e. The molecule has 0 aliphatic carbocycles. The second kappa shape index (κ2) is 8.89. The Morgan fingerprint density at radius 3 is 2.41 bits per heavy atom. The topological polar surface area (TPSA) is 57.7 Å². The summed E-state index contributed by atoms with van der Waals surface area (Å²) in [4.78, 5) is 16.1. The van der Waals surface area contributed by atoms with E-state index in [-0.39, 0.29) is 10.7 Å². The lowest BCUT2D eigenvalue weighted by molar-refractivity contribution is 0.102. The fourth-order valence-corrected chi connectivity index (χ4v) is 7.28. The number of allylic oxidation sites excluding steroid dienone is 1. The Labute approximate surface area is 193 Å². The molecule has 0 amide bonds. The number of hydrogen-bond donors (Lipinski definition) is 0. The summed E-state index contributed by atoms with van der Waals surface area (Å²) in [6.45, 7) is 1.98. The summed E-state index contributed by atoms with van der Waals surface area (Å²) in [6, 6.07) is 16.8. The van der Waals surface area contributed by atoms with E-state index >= 15 is 0 Å². The van der Waals surface area contributed by atoms with E-state index in [9.17, 15) is 13.2 Å². The van der Waals surface area contributed by atoms with Crippen molar-refractivity contribution in [3.8, 4) is 0 Å². The summed E-state index contributed by atoms with van der Waals surface area (Å²) in [5.41, 5.74) is 3.50. The zero-order chi connectivity index (χ0) is 22.1. The van der Waals surface area contributed by atoms with Gasteiger partial charge in [-0.1, -0.05) is 54.2 Å². The van der Waals surface area contributed by atoms with Crippen molar-refractivity contribution < 1.29 is 13.2 Å². The van der Waals surface area contributed by atoms with Crippen LogP contribution in [0.5, 0.6) is 0 Å². The van der Waals surface area contributed by atoms with Gasteiger partial charge in [0.05, 0.1) is 15.6 Å². The number of sulfonamides is 1. The second-order valence-electron chi connectivity index (χ2n) is 8.35. The van der Waals surface area contributed by atoms with Gasteiger partial charge in [0.1, 0.15) is 0 Å². The van der Waals surface area contributed by atoms with Crippen LogP contribution in [0.3, 0.4) is 0 Å². The highest BCUT2D eigenvalue weighted by atomic mass is 32.2. The molecule has 2 aromatic rings. The molecule has 5 rings (SSSR count). The van der Waals surface area contributed by atoms with E-state index < -0.39 is 10.0 Å². The molecule has 7 heteroatoms. The molecule has 3 heterocycles. The van der Waals surface area contributed by atoms with Crippen LogP contribution in [0.2, 0.25) is 0 Å². The van der Waals surface area contributed by atoms with E-state index in [4.69, 9.17) is 0 Å². The molecular formula is C25H26N2O3S2. The molecule has 166 valence electrons. The first kappa shape index (κ1) is 21.5. The van der Waals surface area contributed by atoms with Crippen molar-refractivity contribution in [3.05, 3.63) is 81.7 Å². The number of rotatable bonds is 5. The fourth-order valence-electron chi connectivity index (χ4n) is 4.58. The maximum atomic E-state index is 13.6. The minimum absolute atomic E-state index is 0.0689. The molecule has 0 spiro atoms. The van der Waals surface area contributed by atoms with E-state index in [0.29, 0.717) is 25.1 Å². The van der Waals surface area contributed by atoms with Crippen LogP contribution >= 0.6 is 11.8 Å². The third-order valence-corrected chi connectivity index (χ3v) is 9.20. The standard InChI is InChI=1S/C25H26N2O3S2/c28-24(20-11-8-12-21(17-20)32(29,30)26-14-6-7-15-26)22-13-4-5-16-27-23(18-31-25(22)27)19-9-2-1-3-10-19/h1-3,8-12,17-18H,4-7,13-16H2. The monoisotopic (exact) mass is 466 g/mol. The van der Waals surface area contributed by atoms with Gasteiger partial charge in [0.15, 0.2) is 5.78 Å². The number of benzene rings is 2. The Bertz CT molecular complexity index is 1200. The van der Waals surface area contributed by atoms with Crippen molar-refractivity contribution >= 4 is 33.3 Å². The van der Waals surface area contributed by atoms with Gasteiger partial charge in [-0.2, -0.15) is 4.31 Å². The minimum atomic E-state index is -3.56. The highest BCUT2D eigenvalue weighted by molar-refractivity contribution is 8.06. The largest absolute Gasteiger partial charge is 0.335 e. The van der Waals surface area contributed by atoms with Crippen LogP contribution in [0.1, 0.15) is 48.0 Å². The summed E-state index contributed by atoms with van der Waals surface area (Å²) in [5.74, 6) is -0.0689. The van der Waals surface area contributed by atoms with E-state index in [1.54, 1.807) is 36.0 Å². The summed E-state index contributed by atoms with van der Waals surface area (Å²) in [5, 5.41) is 3.11. The van der Waals surface area contributed by atoms with Crippen LogP contribution in [0.4, 0.5) is 0 Å². The zero-order valence-electron chi connectivity index (χ0n) is 17.9. The molecule has 0 bridgehead atoms. The molecule has 0 aromatic heterocycles. The second-order valence-corrected chi connectivity index (χ2v) is 11.1. The summed E-state index contributed by atoms with van der Waals surface area (Å²) in [7, 11) is -3.56. The average molecular weight is 467 g/mol. The number of carbonyl (C=O) groups excluding carboxylic acids is 1. The summed E-state index contributed by atoms with van der Waals surface area (Å²) < 4.78 is 27.5. The zero-order valence-corrected chi connectivity index (χ0v) is 19.5. The van der Waals surface area contributed by atoms with Crippen LogP contribution in [0.25, 0.3) is 5.70 Å². The van der Waals surface area contributed by atoms with Gasteiger partial charge in [0.2, 0.25) is 10.0 Å². The first-order valence-corrected chi connectivity index (χ1v) is 13.5. The molecule has 3 aliphatic heterocycles.